The maximum absolute atomic E-state index is 6.17. The van der Waals surface area contributed by atoms with Gasteiger partial charge in [-0.1, -0.05) is 33.6 Å². The van der Waals surface area contributed by atoms with Gasteiger partial charge in [0.15, 0.2) is 0 Å². The minimum atomic E-state index is -0.0555. The topological polar surface area (TPSA) is 18.5 Å². The zero-order chi connectivity index (χ0) is 15.6. The van der Waals surface area contributed by atoms with Gasteiger partial charge < -0.3 is 9.47 Å². The minimum Gasteiger partial charge on any atom is -0.496 e. The van der Waals surface area contributed by atoms with Crippen LogP contribution in [-0.4, -0.2) is 14.2 Å². The van der Waals surface area contributed by atoms with E-state index >= 15 is 0 Å². The van der Waals surface area contributed by atoms with Gasteiger partial charge in [-0.2, -0.15) is 0 Å². The fourth-order valence-electron chi connectivity index (χ4n) is 1.93. The highest BCUT2D eigenvalue weighted by Gasteiger charge is 2.19. The van der Waals surface area contributed by atoms with Crippen LogP contribution in [0.3, 0.4) is 0 Å². The van der Waals surface area contributed by atoms with E-state index in [0.717, 1.165) is 31.6 Å². The van der Waals surface area contributed by atoms with Crippen LogP contribution in [-0.2, 0) is 0 Å². The van der Waals surface area contributed by atoms with Gasteiger partial charge in [0.2, 0.25) is 0 Å². The Balaban J connectivity index is 2.50. The summed E-state index contributed by atoms with van der Waals surface area (Å²) < 4.78 is 12.5. The second-order valence-corrected chi connectivity index (χ2v) is 7.30. The second kappa shape index (κ2) is 7.36. The van der Waals surface area contributed by atoms with Crippen LogP contribution in [0.5, 0.6) is 11.5 Å². The average molecular weight is 499 g/mol. The van der Waals surface area contributed by atoms with Crippen molar-refractivity contribution in [2.45, 2.75) is 4.83 Å². The number of benzene rings is 2. The molecule has 0 heterocycles. The standard InChI is InChI=1S/C15H12Br3ClO2/c1-20-13-7-11(17)14(21-2)6-9(13)15(18)8-3-4-10(16)12(19)5-8/h3-7,15H,1-2H3. The van der Waals surface area contributed by atoms with Crippen molar-refractivity contribution in [2.24, 2.45) is 0 Å². The quantitative estimate of drug-likeness (QED) is 0.456. The molecule has 112 valence electrons. The van der Waals surface area contributed by atoms with Crippen molar-refractivity contribution in [3.8, 4) is 11.5 Å². The van der Waals surface area contributed by atoms with Crippen LogP contribution in [0.4, 0.5) is 0 Å². The predicted molar refractivity (Wildman–Crippen MR) is 97.2 cm³/mol. The van der Waals surface area contributed by atoms with E-state index in [-0.39, 0.29) is 4.83 Å². The molecule has 0 saturated heterocycles. The minimum absolute atomic E-state index is 0.0555. The molecule has 2 aromatic carbocycles. The molecular weight excluding hydrogens is 487 g/mol. The first kappa shape index (κ1) is 17.1. The van der Waals surface area contributed by atoms with Crippen LogP contribution in [0, 0.1) is 0 Å². The summed E-state index contributed by atoms with van der Waals surface area (Å²) in [5.74, 6) is 1.52. The summed E-state index contributed by atoms with van der Waals surface area (Å²) in [5.41, 5.74) is 2.00. The molecule has 0 saturated carbocycles. The van der Waals surface area contributed by atoms with E-state index in [0.29, 0.717) is 5.02 Å². The zero-order valence-corrected chi connectivity index (χ0v) is 16.8. The molecule has 0 N–H and O–H groups in total. The summed E-state index contributed by atoms with van der Waals surface area (Å²) in [6, 6.07) is 9.68. The first-order valence-corrected chi connectivity index (χ1v) is 8.86. The Bertz CT molecular complexity index is 662. The first-order chi connectivity index (χ1) is 9.97. The summed E-state index contributed by atoms with van der Waals surface area (Å²) in [4.78, 5) is -0.0555. The van der Waals surface area contributed by atoms with E-state index in [4.69, 9.17) is 21.1 Å². The Morgan fingerprint density at radius 1 is 0.952 bits per heavy atom. The summed E-state index contributed by atoms with van der Waals surface area (Å²) in [6.45, 7) is 0. The summed E-state index contributed by atoms with van der Waals surface area (Å²) in [5, 5.41) is 0.667. The molecule has 6 heteroatoms. The molecule has 1 atom stereocenters. The number of hydrogen-bond donors (Lipinski definition) is 0. The van der Waals surface area contributed by atoms with E-state index in [9.17, 15) is 0 Å². The van der Waals surface area contributed by atoms with Crippen LogP contribution < -0.4 is 9.47 Å². The Morgan fingerprint density at radius 3 is 2.19 bits per heavy atom. The van der Waals surface area contributed by atoms with Crippen molar-refractivity contribution in [2.75, 3.05) is 14.2 Å². The second-order valence-electron chi connectivity index (χ2n) is 4.26. The SMILES string of the molecule is COc1cc(C(Br)c2ccc(Br)c(Cl)c2)c(OC)cc1Br. The fourth-order valence-corrected chi connectivity index (χ4v) is 3.49. The van der Waals surface area contributed by atoms with E-state index in [1.807, 2.05) is 30.3 Å². The molecule has 0 radical (unpaired) electrons. The number of alkyl halides is 1. The molecule has 2 nitrogen and oxygen atoms in total. The third-order valence-electron chi connectivity index (χ3n) is 3.01. The van der Waals surface area contributed by atoms with Gasteiger partial charge in [0.05, 0.1) is 28.5 Å². The van der Waals surface area contributed by atoms with Gasteiger partial charge >= 0.3 is 0 Å². The van der Waals surface area contributed by atoms with Gasteiger partial charge in [-0.25, -0.2) is 0 Å². The van der Waals surface area contributed by atoms with Crippen LogP contribution in [0.15, 0.2) is 39.3 Å². The molecular formula is C15H12Br3ClO2. The van der Waals surface area contributed by atoms with E-state index < -0.39 is 0 Å². The molecule has 0 fully saturated rings. The maximum Gasteiger partial charge on any atom is 0.133 e. The Hall–Kier alpha value is -0.230. The number of halogens is 4. The van der Waals surface area contributed by atoms with Gasteiger partial charge in [0.1, 0.15) is 11.5 Å². The number of ether oxygens (including phenoxy) is 2. The number of methoxy groups -OCH3 is 2. The highest BCUT2D eigenvalue weighted by molar-refractivity contribution is 9.11. The van der Waals surface area contributed by atoms with Crippen LogP contribution in [0.2, 0.25) is 5.02 Å². The zero-order valence-electron chi connectivity index (χ0n) is 11.3. The Kier molecular flexibility index (Phi) is 6.00. The lowest BCUT2D eigenvalue weighted by atomic mass is 10.0. The maximum atomic E-state index is 6.17. The van der Waals surface area contributed by atoms with Crippen LogP contribution >= 0.6 is 59.4 Å². The third kappa shape index (κ3) is 3.76. The van der Waals surface area contributed by atoms with Gasteiger partial charge in [-0.05, 0) is 61.7 Å². The molecule has 21 heavy (non-hydrogen) atoms. The van der Waals surface area contributed by atoms with Crippen molar-refractivity contribution >= 4 is 59.4 Å². The highest BCUT2D eigenvalue weighted by Crippen LogP contribution is 2.42. The molecule has 0 bridgehead atoms. The summed E-state index contributed by atoms with van der Waals surface area (Å²) in [7, 11) is 3.28. The predicted octanol–water partition coefficient (Wildman–Crippen LogP) is 6.37. The molecule has 2 aromatic rings. The molecule has 0 aliphatic rings. The molecule has 0 spiro atoms. The number of rotatable bonds is 4. The normalized spacial score (nSPS) is 12.1. The fraction of sp³-hybridized carbons (Fsp3) is 0.200. The third-order valence-corrected chi connectivity index (χ3v) is 5.89. The summed E-state index contributed by atoms with van der Waals surface area (Å²) in [6.07, 6.45) is 0. The van der Waals surface area contributed by atoms with E-state index in [2.05, 4.69) is 47.8 Å². The molecule has 0 aromatic heterocycles. The molecule has 0 amide bonds. The molecule has 2 rings (SSSR count). The van der Waals surface area contributed by atoms with Gasteiger partial charge in [0, 0.05) is 10.0 Å². The van der Waals surface area contributed by atoms with Gasteiger partial charge in [-0.3, -0.25) is 0 Å². The Labute approximate surface area is 154 Å². The van der Waals surface area contributed by atoms with Crippen molar-refractivity contribution in [1.82, 2.24) is 0 Å². The van der Waals surface area contributed by atoms with Crippen molar-refractivity contribution in [3.05, 3.63) is 55.4 Å². The summed E-state index contributed by atoms with van der Waals surface area (Å²) >= 11 is 16.7. The number of hydrogen-bond acceptors (Lipinski definition) is 2. The van der Waals surface area contributed by atoms with Crippen molar-refractivity contribution < 1.29 is 9.47 Å². The molecule has 0 aliphatic carbocycles. The van der Waals surface area contributed by atoms with Crippen molar-refractivity contribution in [3.63, 3.8) is 0 Å². The van der Waals surface area contributed by atoms with E-state index in [1.165, 1.54) is 0 Å². The van der Waals surface area contributed by atoms with Crippen molar-refractivity contribution in [1.29, 1.82) is 0 Å². The Morgan fingerprint density at radius 2 is 1.62 bits per heavy atom. The lowest BCUT2D eigenvalue weighted by molar-refractivity contribution is 0.397. The van der Waals surface area contributed by atoms with Crippen LogP contribution in [0.25, 0.3) is 0 Å². The molecule has 1 unspecified atom stereocenters. The lowest BCUT2D eigenvalue weighted by Crippen LogP contribution is -1.99. The monoisotopic (exact) mass is 496 g/mol. The lowest BCUT2D eigenvalue weighted by Gasteiger charge is -2.17. The highest BCUT2D eigenvalue weighted by atomic mass is 79.9. The van der Waals surface area contributed by atoms with Gasteiger partial charge in [0.25, 0.3) is 0 Å². The van der Waals surface area contributed by atoms with Crippen LogP contribution in [0.1, 0.15) is 16.0 Å². The first-order valence-electron chi connectivity index (χ1n) is 5.98. The van der Waals surface area contributed by atoms with E-state index in [1.54, 1.807) is 14.2 Å². The van der Waals surface area contributed by atoms with Gasteiger partial charge in [-0.15, -0.1) is 0 Å². The average Bonchev–Trinajstić information content (AvgIpc) is 2.49. The molecule has 0 aliphatic heterocycles. The smallest absolute Gasteiger partial charge is 0.133 e. The largest absolute Gasteiger partial charge is 0.496 e.